The average Bonchev–Trinajstić information content (AvgIpc) is 3.18. The maximum Gasteiger partial charge on any atom is 0.252 e. The Morgan fingerprint density at radius 2 is 2.19 bits per heavy atom. The third-order valence-corrected chi connectivity index (χ3v) is 8.05. The van der Waals surface area contributed by atoms with E-state index in [-0.39, 0.29) is 18.4 Å². The summed E-state index contributed by atoms with van der Waals surface area (Å²) in [6, 6.07) is 7.91. The van der Waals surface area contributed by atoms with Gasteiger partial charge in [-0.2, -0.15) is 4.31 Å². The smallest absolute Gasteiger partial charge is 0.252 e. The fourth-order valence-electron chi connectivity index (χ4n) is 3.21. The van der Waals surface area contributed by atoms with Crippen molar-refractivity contribution in [2.24, 2.45) is 0 Å². The Balaban J connectivity index is 1.75. The Morgan fingerprint density at radius 3 is 2.89 bits per heavy atom. The van der Waals surface area contributed by atoms with Crippen LogP contribution in [0.15, 0.2) is 39.9 Å². The Bertz CT molecular complexity index is 900. The minimum Gasteiger partial charge on any atom is -0.495 e. The van der Waals surface area contributed by atoms with Crippen molar-refractivity contribution < 1.29 is 17.9 Å². The van der Waals surface area contributed by atoms with E-state index in [2.05, 4.69) is 5.32 Å². The van der Waals surface area contributed by atoms with E-state index >= 15 is 0 Å². The molecule has 27 heavy (non-hydrogen) atoms. The highest BCUT2D eigenvalue weighted by Crippen LogP contribution is 2.31. The number of piperidine rings is 1. The van der Waals surface area contributed by atoms with Crippen LogP contribution in [-0.4, -0.2) is 38.3 Å². The second-order valence-corrected chi connectivity index (χ2v) is 9.80. The van der Waals surface area contributed by atoms with Gasteiger partial charge in [-0.3, -0.25) is 4.79 Å². The molecule has 9 heteroatoms. The lowest BCUT2D eigenvalue weighted by molar-refractivity contribution is -0.117. The maximum atomic E-state index is 12.9. The fraction of sp³-hybridized carbons (Fsp3) is 0.389. The number of hydrogen-bond donors (Lipinski definition) is 1. The van der Waals surface area contributed by atoms with Crippen molar-refractivity contribution in [1.29, 1.82) is 0 Å². The van der Waals surface area contributed by atoms with Crippen molar-refractivity contribution in [3.8, 4) is 5.75 Å². The number of halogens is 1. The van der Waals surface area contributed by atoms with Crippen LogP contribution < -0.4 is 10.1 Å². The third kappa shape index (κ3) is 4.63. The first-order valence-corrected chi connectivity index (χ1v) is 11.3. The first kappa shape index (κ1) is 20.1. The Hall–Kier alpha value is -1.61. The van der Waals surface area contributed by atoms with Gasteiger partial charge in [0.2, 0.25) is 5.91 Å². The van der Waals surface area contributed by atoms with Gasteiger partial charge in [0.1, 0.15) is 9.96 Å². The number of benzene rings is 1. The van der Waals surface area contributed by atoms with E-state index in [1.54, 1.807) is 35.7 Å². The van der Waals surface area contributed by atoms with Gasteiger partial charge in [0.15, 0.2) is 0 Å². The molecule has 2 aromatic rings. The van der Waals surface area contributed by atoms with Crippen LogP contribution in [0.2, 0.25) is 5.02 Å². The quantitative estimate of drug-likeness (QED) is 0.754. The molecule has 1 aliphatic heterocycles. The summed E-state index contributed by atoms with van der Waals surface area (Å²) in [5.41, 5.74) is 0.471. The first-order valence-electron chi connectivity index (χ1n) is 8.60. The fourth-order valence-corrected chi connectivity index (χ4v) is 6.20. The first-order chi connectivity index (χ1) is 12.9. The molecular formula is C18H21ClN2O4S2. The lowest BCUT2D eigenvalue weighted by Gasteiger charge is -2.34. The van der Waals surface area contributed by atoms with E-state index in [0.717, 1.165) is 12.8 Å². The number of thiophene rings is 1. The molecule has 1 amide bonds. The molecule has 0 spiro atoms. The molecule has 1 aromatic heterocycles. The molecule has 0 bridgehead atoms. The Morgan fingerprint density at radius 1 is 1.37 bits per heavy atom. The minimum absolute atomic E-state index is 0.0836. The highest BCUT2D eigenvalue weighted by atomic mass is 35.5. The number of carbonyl (C=O) groups excluding carboxylic acids is 1. The van der Waals surface area contributed by atoms with Gasteiger partial charge in [-0.1, -0.05) is 24.1 Å². The summed E-state index contributed by atoms with van der Waals surface area (Å²) in [7, 11) is -2.07. The zero-order valence-electron chi connectivity index (χ0n) is 14.9. The van der Waals surface area contributed by atoms with Crippen LogP contribution in [0.4, 0.5) is 5.69 Å². The van der Waals surface area contributed by atoms with Crippen LogP contribution >= 0.6 is 22.9 Å². The topological polar surface area (TPSA) is 75.7 Å². The molecular weight excluding hydrogens is 408 g/mol. The predicted molar refractivity (Wildman–Crippen MR) is 107 cm³/mol. The van der Waals surface area contributed by atoms with E-state index in [1.807, 2.05) is 0 Å². The molecule has 1 atom stereocenters. The van der Waals surface area contributed by atoms with E-state index < -0.39 is 10.0 Å². The monoisotopic (exact) mass is 428 g/mol. The number of ether oxygens (including phenoxy) is 1. The summed E-state index contributed by atoms with van der Waals surface area (Å²) in [6.45, 7) is 0.429. The number of sulfonamides is 1. The van der Waals surface area contributed by atoms with Crippen LogP contribution in [0.3, 0.4) is 0 Å². The van der Waals surface area contributed by atoms with Crippen molar-refractivity contribution in [3.05, 3.63) is 40.7 Å². The number of amides is 1. The van der Waals surface area contributed by atoms with Gasteiger partial charge in [0, 0.05) is 24.0 Å². The van der Waals surface area contributed by atoms with Crippen molar-refractivity contribution in [1.82, 2.24) is 4.31 Å². The van der Waals surface area contributed by atoms with E-state index in [9.17, 15) is 13.2 Å². The molecule has 1 saturated heterocycles. The summed E-state index contributed by atoms with van der Waals surface area (Å²) >= 11 is 7.19. The highest BCUT2D eigenvalue weighted by Gasteiger charge is 2.35. The summed E-state index contributed by atoms with van der Waals surface area (Å²) < 4.78 is 32.8. The molecule has 6 nitrogen and oxygen atoms in total. The van der Waals surface area contributed by atoms with Crippen molar-refractivity contribution in [2.75, 3.05) is 19.0 Å². The number of nitrogens with one attached hydrogen (secondary N) is 1. The lowest BCUT2D eigenvalue weighted by Crippen LogP contribution is -2.45. The molecule has 0 unspecified atom stereocenters. The van der Waals surface area contributed by atoms with Crippen LogP contribution in [0, 0.1) is 0 Å². The van der Waals surface area contributed by atoms with E-state index in [4.69, 9.17) is 16.3 Å². The molecule has 0 saturated carbocycles. The van der Waals surface area contributed by atoms with Gasteiger partial charge in [0.25, 0.3) is 10.0 Å². The van der Waals surface area contributed by atoms with Gasteiger partial charge >= 0.3 is 0 Å². The van der Waals surface area contributed by atoms with Crippen LogP contribution in [0.1, 0.15) is 25.7 Å². The Kier molecular flexibility index (Phi) is 6.41. The zero-order valence-corrected chi connectivity index (χ0v) is 17.2. The van der Waals surface area contributed by atoms with Gasteiger partial charge in [-0.05, 0) is 42.5 Å². The van der Waals surface area contributed by atoms with Gasteiger partial charge < -0.3 is 10.1 Å². The largest absolute Gasteiger partial charge is 0.495 e. The number of hydrogen-bond acceptors (Lipinski definition) is 5. The van der Waals surface area contributed by atoms with Crippen LogP contribution in [0.25, 0.3) is 0 Å². The Labute approximate surface area is 168 Å². The second-order valence-electron chi connectivity index (χ2n) is 6.29. The SMILES string of the molecule is COc1ccc(Cl)cc1NC(=O)C[C@H]1CCCCN1S(=O)(=O)c1cccs1. The molecule has 2 heterocycles. The van der Waals surface area contributed by atoms with Crippen molar-refractivity contribution in [2.45, 2.75) is 35.9 Å². The third-order valence-electron chi connectivity index (χ3n) is 4.49. The summed E-state index contributed by atoms with van der Waals surface area (Å²) in [5.74, 6) is 0.230. The normalized spacial score (nSPS) is 18.2. The van der Waals surface area contributed by atoms with Gasteiger partial charge in [-0.15, -0.1) is 11.3 Å². The summed E-state index contributed by atoms with van der Waals surface area (Å²) in [6.07, 6.45) is 2.44. The number of rotatable bonds is 6. The van der Waals surface area contributed by atoms with Gasteiger partial charge in [-0.25, -0.2) is 8.42 Å². The molecule has 0 aliphatic carbocycles. The molecule has 3 rings (SSSR count). The highest BCUT2D eigenvalue weighted by molar-refractivity contribution is 7.91. The molecule has 0 radical (unpaired) electrons. The van der Waals surface area contributed by atoms with E-state index in [1.165, 1.54) is 22.8 Å². The van der Waals surface area contributed by atoms with Crippen molar-refractivity contribution in [3.63, 3.8) is 0 Å². The maximum absolute atomic E-state index is 12.9. The van der Waals surface area contributed by atoms with Gasteiger partial charge in [0.05, 0.1) is 12.8 Å². The predicted octanol–water partition coefficient (Wildman–Crippen LogP) is 3.98. The lowest BCUT2D eigenvalue weighted by atomic mass is 10.0. The van der Waals surface area contributed by atoms with E-state index in [0.29, 0.717) is 33.6 Å². The van der Waals surface area contributed by atoms with Crippen molar-refractivity contribution >= 4 is 44.6 Å². The molecule has 146 valence electrons. The zero-order chi connectivity index (χ0) is 19.4. The molecule has 1 aliphatic rings. The molecule has 1 fully saturated rings. The summed E-state index contributed by atoms with van der Waals surface area (Å²) in [4.78, 5) is 12.6. The standard InChI is InChI=1S/C18H21ClN2O4S2/c1-25-16-8-7-13(19)11-15(16)20-17(22)12-14-5-2-3-9-21(14)27(23,24)18-6-4-10-26-18/h4,6-8,10-11,14H,2-3,5,9,12H2,1H3,(H,20,22)/t14-/m1/s1. The molecule has 1 N–H and O–H groups in total. The second kappa shape index (κ2) is 8.60. The van der Waals surface area contributed by atoms with Crippen LogP contribution in [0.5, 0.6) is 5.75 Å². The average molecular weight is 429 g/mol. The summed E-state index contributed by atoms with van der Waals surface area (Å²) in [5, 5.41) is 5.01. The number of nitrogens with zero attached hydrogens (tertiary/aromatic N) is 1. The number of carbonyl (C=O) groups is 1. The minimum atomic E-state index is -3.58. The number of methoxy groups -OCH3 is 1. The van der Waals surface area contributed by atoms with Crippen LogP contribution in [-0.2, 0) is 14.8 Å². The number of anilines is 1. The molecule has 1 aromatic carbocycles.